The van der Waals surface area contributed by atoms with E-state index in [1.54, 1.807) is 24.3 Å². The van der Waals surface area contributed by atoms with Crippen molar-refractivity contribution >= 4 is 51.8 Å². The van der Waals surface area contributed by atoms with Crippen LogP contribution in [-0.4, -0.2) is 15.0 Å². The molecule has 0 amide bonds. The Kier molecular flexibility index (Phi) is 7.28. The fraction of sp³-hybridized carbons (Fsp3) is 0. The summed E-state index contributed by atoms with van der Waals surface area (Å²) in [6.07, 6.45) is 0. The van der Waals surface area contributed by atoms with Gasteiger partial charge in [-0.25, -0.2) is 9.18 Å². The number of carbonyl (C=O) groups is 1. The lowest BCUT2D eigenvalue weighted by molar-refractivity contribution is 0.0697. The number of hydrogen-bond acceptors (Lipinski definition) is 5. The Morgan fingerprint density at radius 3 is 2.40 bits per heavy atom. The molecule has 1 N–H and O–H groups in total. The summed E-state index contributed by atoms with van der Waals surface area (Å²) in [7, 11) is 0. The summed E-state index contributed by atoms with van der Waals surface area (Å²) in [4.78, 5) is 12.8. The fourth-order valence-corrected chi connectivity index (χ4v) is 6.86. The van der Waals surface area contributed by atoms with Crippen molar-refractivity contribution in [2.24, 2.45) is 0 Å². The number of carboxylic acid groups (broad SMARTS) is 1. The molecule has 0 unspecified atom stereocenters. The van der Waals surface area contributed by atoms with E-state index >= 15 is 0 Å². The van der Waals surface area contributed by atoms with Gasteiger partial charge >= 0.3 is 5.97 Å². The number of hydrogen-bond donors (Lipinski definition) is 1. The number of rotatable bonds is 6. The van der Waals surface area contributed by atoms with Crippen molar-refractivity contribution in [1.29, 1.82) is 10.5 Å². The second-order valence-electron chi connectivity index (χ2n) is 9.26. The first-order chi connectivity index (χ1) is 20.4. The molecular weight excluding hydrogens is 589 g/mol. The Balaban J connectivity index is 1.63. The molecule has 202 valence electrons. The Hall–Kier alpha value is -4.86. The Morgan fingerprint density at radius 2 is 1.69 bits per heavy atom. The van der Waals surface area contributed by atoms with Crippen molar-refractivity contribution in [2.45, 2.75) is 4.90 Å². The van der Waals surface area contributed by atoms with E-state index in [0.717, 1.165) is 27.2 Å². The molecule has 0 radical (unpaired) electrons. The van der Waals surface area contributed by atoms with E-state index in [0.29, 0.717) is 37.5 Å². The van der Waals surface area contributed by atoms with Crippen molar-refractivity contribution in [3.63, 3.8) is 0 Å². The van der Waals surface area contributed by atoms with Gasteiger partial charge in [0, 0.05) is 37.6 Å². The van der Waals surface area contributed by atoms with Crippen LogP contribution in [-0.2, 0) is 0 Å². The zero-order valence-electron chi connectivity index (χ0n) is 21.5. The summed E-state index contributed by atoms with van der Waals surface area (Å²) >= 11 is 9.27. The maximum Gasteiger partial charge on any atom is 0.335 e. The molecule has 0 bridgehead atoms. The molecule has 5 nitrogen and oxygen atoms in total. The van der Waals surface area contributed by atoms with Crippen LogP contribution in [0.15, 0.2) is 101 Å². The van der Waals surface area contributed by atoms with Crippen LogP contribution in [0.4, 0.5) is 4.39 Å². The maximum atomic E-state index is 14.7. The quantitative estimate of drug-likeness (QED) is 0.204. The topological polar surface area (TPSA) is 89.8 Å². The van der Waals surface area contributed by atoms with Crippen LogP contribution in [0, 0.1) is 28.5 Å². The lowest BCUT2D eigenvalue weighted by atomic mass is 9.96. The molecular formula is C33H17ClFN3O2S2. The van der Waals surface area contributed by atoms with Crippen molar-refractivity contribution in [3.8, 4) is 45.6 Å². The van der Waals surface area contributed by atoms with E-state index < -0.39 is 11.8 Å². The zero-order chi connectivity index (χ0) is 29.4. The lowest BCUT2D eigenvalue weighted by Gasteiger charge is -2.14. The lowest BCUT2D eigenvalue weighted by Crippen LogP contribution is -1.96. The number of halogens is 2. The predicted octanol–water partition coefficient (Wildman–Crippen LogP) is 9.49. The third kappa shape index (κ3) is 4.93. The SMILES string of the molecule is N#Cc1ccc(Sn2c(-c3cccc(-c4ccc(C(=O)O)cc4Cl)c3)c(-c3ccsc3C#N)c3cc(F)ccc32)cc1. The largest absolute Gasteiger partial charge is 0.478 e. The Morgan fingerprint density at radius 1 is 0.905 bits per heavy atom. The average molecular weight is 606 g/mol. The molecule has 6 aromatic rings. The number of fused-ring (bicyclic) bond motifs is 1. The second kappa shape index (κ2) is 11.2. The molecule has 2 heterocycles. The summed E-state index contributed by atoms with van der Waals surface area (Å²) < 4.78 is 16.8. The highest BCUT2D eigenvalue weighted by Crippen LogP contribution is 2.47. The average Bonchev–Trinajstić information content (AvgIpc) is 3.59. The molecule has 0 aliphatic rings. The molecule has 0 fully saturated rings. The number of benzene rings is 4. The first-order valence-electron chi connectivity index (χ1n) is 12.5. The molecule has 4 aromatic carbocycles. The highest BCUT2D eigenvalue weighted by molar-refractivity contribution is 7.98. The molecule has 9 heteroatoms. The monoisotopic (exact) mass is 605 g/mol. The molecule has 42 heavy (non-hydrogen) atoms. The summed E-state index contributed by atoms with van der Waals surface area (Å²) in [6.45, 7) is 0. The summed E-state index contributed by atoms with van der Waals surface area (Å²) in [5, 5.41) is 31.3. The molecule has 0 spiro atoms. The predicted molar refractivity (Wildman–Crippen MR) is 165 cm³/mol. The van der Waals surface area contributed by atoms with Crippen molar-refractivity contribution < 1.29 is 14.3 Å². The van der Waals surface area contributed by atoms with Gasteiger partial charge in [0.05, 0.1) is 28.4 Å². The number of aromatic nitrogens is 1. The Labute approximate surface area is 253 Å². The number of nitrogens with zero attached hydrogens (tertiary/aromatic N) is 3. The minimum atomic E-state index is -1.07. The van der Waals surface area contributed by atoms with Crippen LogP contribution in [0.25, 0.3) is 44.4 Å². The summed E-state index contributed by atoms with van der Waals surface area (Å²) in [5.74, 6) is -1.47. The fourth-order valence-electron chi connectivity index (χ4n) is 4.87. The standard InChI is InChI=1S/C33H17ClFN3O2S2/c34-28-15-22(33(39)40)6-10-25(28)20-2-1-3-21(14-20)32-31(26-12-13-41-30(26)18-37)27-16-23(35)7-11-29(27)38(32)42-24-8-4-19(17-36)5-9-24/h1-16H,(H,39,40). The van der Waals surface area contributed by atoms with Crippen molar-refractivity contribution in [1.82, 2.24) is 3.97 Å². The molecule has 0 atom stereocenters. The number of aromatic carboxylic acids is 1. The number of carboxylic acids is 1. The first kappa shape index (κ1) is 27.3. The van der Waals surface area contributed by atoms with E-state index in [2.05, 4.69) is 12.1 Å². The minimum absolute atomic E-state index is 0.0876. The molecule has 6 rings (SSSR count). The van der Waals surface area contributed by atoms with Gasteiger partial charge in [-0.3, -0.25) is 3.97 Å². The highest BCUT2D eigenvalue weighted by atomic mass is 35.5. The van der Waals surface area contributed by atoms with Gasteiger partial charge < -0.3 is 5.11 Å². The van der Waals surface area contributed by atoms with Crippen LogP contribution in [0.5, 0.6) is 0 Å². The normalized spacial score (nSPS) is 10.9. The van der Waals surface area contributed by atoms with Gasteiger partial charge in [-0.05, 0) is 89.6 Å². The van der Waals surface area contributed by atoms with Gasteiger partial charge in [-0.2, -0.15) is 10.5 Å². The maximum absolute atomic E-state index is 14.7. The number of thiophene rings is 1. The molecule has 0 saturated heterocycles. The van der Waals surface area contributed by atoms with Crippen LogP contribution >= 0.6 is 34.9 Å². The van der Waals surface area contributed by atoms with Crippen molar-refractivity contribution in [3.05, 3.63) is 123 Å². The molecule has 0 aliphatic carbocycles. The third-order valence-electron chi connectivity index (χ3n) is 6.77. The van der Waals surface area contributed by atoms with Crippen LogP contribution in [0.2, 0.25) is 5.02 Å². The van der Waals surface area contributed by atoms with Crippen LogP contribution in [0.1, 0.15) is 20.8 Å². The van der Waals surface area contributed by atoms with Gasteiger partial charge in [-0.15, -0.1) is 11.3 Å². The van der Waals surface area contributed by atoms with E-state index in [1.165, 1.54) is 47.6 Å². The second-order valence-corrected chi connectivity index (χ2v) is 11.6. The van der Waals surface area contributed by atoms with E-state index in [9.17, 15) is 24.8 Å². The Bertz CT molecular complexity index is 2100. The molecule has 0 saturated carbocycles. The van der Waals surface area contributed by atoms with Crippen LogP contribution < -0.4 is 0 Å². The number of nitriles is 2. The van der Waals surface area contributed by atoms with Gasteiger partial charge in [0.2, 0.25) is 0 Å². The zero-order valence-corrected chi connectivity index (χ0v) is 23.9. The van der Waals surface area contributed by atoms with E-state index in [4.69, 9.17) is 11.6 Å². The van der Waals surface area contributed by atoms with Crippen LogP contribution in [0.3, 0.4) is 0 Å². The minimum Gasteiger partial charge on any atom is -0.478 e. The van der Waals surface area contributed by atoms with Gasteiger partial charge in [0.15, 0.2) is 0 Å². The molecule has 0 aliphatic heterocycles. The smallest absolute Gasteiger partial charge is 0.335 e. The summed E-state index contributed by atoms with van der Waals surface area (Å²) in [6, 6.07) is 30.3. The van der Waals surface area contributed by atoms with E-state index in [1.807, 2.05) is 51.8 Å². The van der Waals surface area contributed by atoms with Gasteiger partial charge in [-0.1, -0.05) is 35.9 Å². The first-order valence-corrected chi connectivity index (χ1v) is 14.5. The summed E-state index contributed by atoms with van der Waals surface area (Å²) in [5.41, 5.74) is 5.74. The van der Waals surface area contributed by atoms with Crippen molar-refractivity contribution in [2.75, 3.05) is 0 Å². The van der Waals surface area contributed by atoms with Gasteiger partial charge in [0.25, 0.3) is 0 Å². The third-order valence-corrected chi connectivity index (χ3v) is 8.94. The van der Waals surface area contributed by atoms with E-state index in [-0.39, 0.29) is 5.56 Å². The van der Waals surface area contributed by atoms with Gasteiger partial charge in [0.1, 0.15) is 16.8 Å². The highest BCUT2D eigenvalue weighted by Gasteiger charge is 2.24. The molecule has 2 aromatic heterocycles.